The van der Waals surface area contributed by atoms with Gasteiger partial charge in [-0.25, -0.2) is 13.1 Å². The molecule has 0 bridgehead atoms. The van der Waals surface area contributed by atoms with E-state index in [1.807, 2.05) is 0 Å². The summed E-state index contributed by atoms with van der Waals surface area (Å²) in [7, 11) is -3.52. The molecule has 1 aromatic carbocycles. The molecule has 1 heterocycles. The second kappa shape index (κ2) is 6.86. The first-order valence-corrected chi connectivity index (χ1v) is 8.00. The number of hydrogen-bond donors (Lipinski definition) is 2. The highest BCUT2D eigenvalue weighted by Crippen LogP contribution is 2.14. The summed E-state index contributed by atoms with van der Waals surface area (Å²) in [6, 6.07) is 6.51. The molecule has 0 amide bonds. The molecule has 1 unspecified atom stereocenters. The summed E-state index contributed by atoms with van der Waals surface area (Å²) in [6.07, 6.45) is 1.85. The first-order valence-electron chi connectivity index (χ1n) is 6.52. The number of nitrogens with one attached hydrogen (secondary N) is 1. The highest BCUT2D eigenvalue weighted by molar-refractivity contribution is 7.89. The molecular formula is C14H18N2O3S. The Balaban J connectivity index is 2.08. The largest absolute Gasteiger partial charge is 0.377 e. The Morgan fingerprint density at radius 2 is 2.30 bits per heavy atom. The van der Waals surface area contributed by atoms with Crippen molar-refractivity contribution < 1.29 is 13.2 Å². The smallest absolute Gasteiger partial charge is 0.240 e. The predicted molar refractivity (Wildman–Crippen MR) is 76.5 cm³/mol. The number of sulfonamides is 1. The van der Waals surface area contributed by atoms with Gasteiger partial charge in [0.2, 0.25) is 10.0 Å². The predicted octanol–water partition coefficient (Wildman–Crippen LogP) is 0.454. The van der Waals surface area contributed by atoms with E-state index in [9.17, 15) is 8.42 Å². The lowest BCUT2D eigenvalue weighted by molar-refractivity contribution is 0.114. The van der Waals surface area contributed by atoms with Crippen molar-refractivity contribution in [2.24, 2.45) is 5.73 Å². The van der Waals surface area contributed by atoms with Gasteiger partial charge in [0.15, 0.2) is 0 Å². The van der Waals surface area contributed by atoms with Crippen LogP contribution in [0.1, 0.15) is 18.4 Å². The molecule has 20 heavy (non-hydrogen) atoms. The molecule has 108 valence electrons. The topological polar surface area (TPSA) is 81.4 Å². The summed E-state index contributed by atoms with van der Waals surface area (Å²) in [5, 5.41) is 0. The Labute approximate surface area is 119 Å². The maximum Gasteiger partial charge on any atom is 0.240 e. The molecular weight excluding hydrogens is 276 g/mol. The van der Waals surface area contributed by atoms with Gasteiger partial charge in [0, 0.05) is 18.7 Å². The van der Waals surface area contributed by atoms with Crippen LogP contribution in [-0.2, 0) is 14.8 Å². The van der Waals surface area contributed by atoms with Gasteiger partial charge >= 0.3 is 0 Å². The Morgan fingerprint density at radius 3 is 3.00 bits per heavy atom. The van der Waals surface area contributed by atoms with E-state index >= 15 is 0 Å². The third kappa shape index (κ3) is 4.05. The Kier molecular flexibility index (Phi) is 5.15. The minimum atomic E-state index is -3.52. The van der Waals surface area contributed by atoms with E-state index in [4.69, 9.17) is 10.5 Å². The van der Waals surface area contributed by atoms with Crippen molar-refractivity contribution in [2.75, 3.05) is 19.7 Å². The minimum absolute atomic E-state index is 0.0232. The first kappa shape index (κ1) is 15.0. The number of hydrogen-bond acceptors (Lipinski definition) is 4. The van der Waals surface area contributed by atoms with Crippen LogP contribution in [0.3, 0.4) is 0 Å². The Hall–Kier alpha value is -1.39. The van der Waals surface area contributed by atoms with Gasteiger partial charge in [0.1, 0.15) is 0 Å². The quantitative estimate of drug-likeness (QED) is 0.790. The molecule has 1 fully saturated rings. The van der Waals surface area contributed by atoms with Crippen LogP contribution >= 0.6 is 0 Å². The summed E-state index contributed by atoms with van der Waals surface area (Å²) in [4.78, 5) is 0.208. The molecule has 1 aromatic rings. The van der Waals surface area contributed by atoms with Crippen molar-refractivity contribution in [1.29, 1.82) is 0 Å². The van der Waals surface area contributed by atoms with Crippen LogP contribution in [0.5, 0.6) is 0 Å². The number of ether oxygens (including phenoxy) is 1. The van der Waals surface area contributed by atoms with Gasteiger partial charge in [-0.05, 0) is 31.0 Å². The fraction of sp³-hybridized carbons (Fsp3) is 0.429. The molecule has 1 aliphatic heterocycles. The Morgan fingerprint density at radius 1 is 1.45 bits per heavy atom. The standard InChI is InChI=1S/C14H18N2O3S/c15-8-2-5-12-4-1-7-14(10-12)20(17,18)16-11-13-6-3-9-19-13/h1,4,7,10,13,16H,3,6,8-9,11,15H2. The van der Waals surface area contributed by atoms with Crippen molar-refractivity contribution in [3.8, 4) is 11.8 Å². The zero-order chi connectivity index (χ0) is 14.4. The van der Waals surface area contributed by atoms with Gasteiger partial charge in [-0.2, -0.15) is 0 Å². The lowest BCUT2D eigenvalue weighted by Crippen LogP contribution is -2.31. The maximum atomic E-state index is 12.2. The van der Waals surface area contributed by atoms with E-state index in [-0.39, 0.29) is 17.5 Å². The van der Waals surface area contributed by atoms with E-state index in [1.165, 1.54) is 0 Å². The van der Waals surface area contributed by atoms with Gasteiger partial charge in [-0.3, -0.25) is 0 Å². The fourth-order valence-electron chi connectivity index (χ4n) is 1.99. The van der Waals surface area contributed by atoms with Crippen LogP contribution < -0.4 is 10.5 Å². The van der Waals surface area contributed by atoms with Crippen molar-refractivity contribution in [3.63, 3.8) is 0 Å². The molecule has 3 N–H and O–H groups in total. The summed E-state index contributed by atoms with van der Waals surface area (Å²) >= 11 is 0. The molecule has 0 aliphatic carbocycles. The fourth-order valence-corrected chi connectivity index (χ4v) is 3.10. The van der Waals surface area contributed by atoms with Crippen molar-refractivity contribution in [2.45, 2.75) is 23.8 Å². The van der Waals surface area contributed by atoms with Crippen LogP contribution in [0.4, 0.5) is 0 Å². The van der Waals surface area contributed by atoms with Crippen molar-refractivity contribution in [1.82, 2.24) is 4.72 Å². The van der Waals surface area contributed by atoms with Crippen LogP contribution in [0, 0.1) is 11.8 Å². The molecule has 1 saturated heterocycles. The zero-order valence-electron chi connectivity index (χ0n) is 11.1. The summed E-state index contributed by atoms with van der Waals surface area (Å²) in [5.41, 5.74) is 5.93. The van der Waals surface area contributed by atoms with Crippen LogP contribution in [-0.4, -0.2) is 34.2 Å². The summed E-state index contributed by atoms with van der Waals surface area (Å²) in [5.74, 6) is 5.52. The molecule has 6 heteroatoms. The van der Waals surface area contributed by atoms with Gasteiger partial charge < -0.3 is 10.5 Å². The van der Waals surface area contributed by atoms with Crippen molar-refractivity contribution in [3.05, 3.63) is 29.8 Å². The van der Waals surface area contributed by atoms with E-state index in [0.29, 0.717) is 18.7 Å². The molecule has 0 radical (unpaired) electrons. The molecule has 0 spiro atoms. The SMILES string of the molecule is NCC#Cc1cccc(S(=O)(=O)NCC2CCCO2)c1. The normalized spacial score (nSPS) is 18.6. The Bertz CT molecular complexity index is 611. The highest BCUT2D eigenvalue weighted by atomic mass is 32.2. The van der Waals surface area contributed by atoms with E-state index in [2.05, 4.69) is 16.6 Å². The molecule has 1 aliphatic rings. The monoisotopic (exact) mass is 294 g/mol. The van der Waals surface area contributed by atoms with E-state index < -0.39 is 10.0 Å². The summed E-state index contributed by atoms with van der Waals surface area (Å²) in [6.45, 7) is 1.26. The lowest BCUT2D eigenvalue weighted by Gasteiger charge is -2.11. The first-order chi connectivity index (χ1) is 9.62. The lowest BCUT2D eigenvalue weighted by atomic mass is 10.2. The molecule has 2 rings (SSSR count). The van der Waals surface area contributed by atoms with Crippen LogP contribution in [0.2, 0.25) is 0 Å². The average Bonchev–Trinajstić information content (AvgIpc) is 2.97. The van der Waals surface area contributed by atoms with Gasteiger partial charge in [0.25, 0.3) is 0 Å². The van der Waals surface area contributed by atoms with Gasteiger partial charge in [-0.1, -0.05) is 17.9 Å². The second-order valence-corrected chi connectivity index (χ2v) is 6.29. The zero-order valence-corrected chi connectivity index (χ0v) is 11.9. The second-order valence-electron chi connectivity index (χ2n) is 4.52. The van der Waals surface area contributed by atoms with Crippen molar-refractivity contribution >= 4 is 10.0 Å². The maximum absolute atomic E-state index is 12.2. The molecule has 0 aromatic heterocycles. The van der Waals surface area contributed by atoms with Gasteiger partial charge in [-0.15, -0.1) is 0 Å². The van der Waals surface area contributed by atoms with E-state index in [0.717, 1.165) is 12.8 Å². The third-order valence-electron chi connectivity index (χ3n) is 3.00. The molecule has 1 atom stereocenters. The number of benzene rings is 1. The number of nitrogens with two attached hydrogens (primary N) is 1. The summed E-state index contributed by atoms with van der Waals surface area (Å²) < 4.78 is 32.3. The molecule has 0 saturated carbocycles. The molecule has 5 nitrogen and oxygen atoms in total. The minimum Gasteiger partial charge on any atom is -0.377 e. The van der Waals surface area contributed by atoms with Crippen LogP contribution in [0.25, 0.3) is 0 Å². The van der Waals surface area contributed by atoms with E-state index in [1.54, 1.807) is 24.3 Å². The average molecular weight is 294 g/mol. The van der Waals surface area contributed by atoms with Crippen LogP contribution in [0.15, 0.2) is 29.2 Å². The third-order valence-corrected chi connectivity index (χ3v) is 4.43. The highest BCUT2D eigenvalue weighted by Gasteiger charge is 2.20. The number of rotatable bonds is 4. The van der Waals surface area contributed by atoms with Gasteiger partial charge in [0.05, 0.1) is 17.5 Å².